The maximum atomic E-state index is 13.0. The zero-order chi connectivity index (χ0) is 20.2. The van der Waals surface area contributed by atoms with Crippen molar-refractivity contribution in [2.75, 3.05) is 0 Å². The molecule has 0 atom stereocenters. The lowest BCUT2D eigenvalue weighted by Gasteiger charge is -2.08. The first-order chi connectivity index (χ1) is 12.4. The third-order valence-electron chi connectivity index (χ3n) is 3.31. The SMILES string of the molecule is Cc1cccc(-c2nc(C(F)(F)F)cn2-c2ccccc2)c1.NS(N)(=O)=O. The number of alkyl halides is 3. The van der Waals surface area contributed by atoms with Gasteiger partial charge < -0.3 is 0 Å². The number of aromatic nitrogens is 2. The van der Waals surface area contributed by atoms with Crippen LogP contribution in [0.25, 0.3) is 17.1 Å². The normalized spacial score (nSPS) is 11.6. The first kappa shape index (κ1) is 20.6. The molecule has 0 aliphatic rings. The molecule has 1 heterocycles. The highest BCUT2D eigenvalue weighted by molar-refractivity contribution is 7.86. The van der Waals surface area contributed by atoms with Crippen LogP contribution in [-0.2, 0) is 16.4 Å². The van der Waals surface area contributed by atoms with Crippen LogP contribution in [0.1, 0.15) is 11.3 Å². The molecule has 0 aliphatic heterocycles. The van der Waals surface area contributed by atoms with Crippen LogP contribution in [0, 0.1) is 6.92 Å². The third-order valence-corrected chi connectivity index (χ3v) is 3.31. The van der Waals surface area contributed by atoms with Crippen LogP contribution in [0.4, 0.5) is 13.2 Å². The predicted molar refractivity (Wildman–Crippen MR) is 96.0 cm³/mol. The molecule has 0 unspecified atom stereocenters. The van der Waals surface area contributed by atoms with Gasteiger partial charge in [0.2, 0.25) is 0 Å². The van der Waals surface area contributed by atoms with Gasteiger partial charge in [0.25, 0.3) is 10.2 Å². The smallest absolute Gasteiger partial charge is 0.299 e. The summed E-state index contributed by atoms with van der Waals surface area (Å²) in [7, 11) is -3.67. The second-order valence-electron chi connectivity index (χ2n) is 5.61. The molecule has 4 N–H and O–H groups in total. The number of aryl methyl sites for hydroxylation is 1. The van der Waals surface area contributed by atoms with E-state index in [9.17, 15) is 21.6 Å². The van der Waals surface area contributed by atoms with E-state index in [1.54, 1.807) is 30.3 Å². The van der Waals surface area contributed by atoms with Crippen LogP contribution < -0.4 is 10.3 Å². The fourth-order valence-electron chi connectivity index (χ4n) is 2.29. The van der Waals surface area contributed by atoms with Crippen molar-refractivity contribution in [3.05, 3.63) is 72.1 Å². The minimum Gasteiger partial charge on any atom is -0.299 e. The molecular formula is C17H17F3N4O2S. The van der Waals surface area contributed by atoms with Crippen LogP contribution in [0.2, 0.25) is 0 Å². The maximum Gasteiger partial charge on any atom is 0.434 e. The minimum atomic E-state index is -4.47. The van der Waals surface area contributed by atoms with Crippen molar-refractivity contribution >= 4 is 10.2 Å². The Morgan fingerprint density at radius 2 is 1.59 bits per heavy atom. The average Bonchev–Trinajstić information content (AvgIpc) is 3.00. The van der Waals surface area contributed by atoms with Gasteiger partial charge in [-0.25, -0.2) is 15.3 Å². The first-order valence-corrected chi connectivity index (χ1v) is 9.15. The number of imidazole rings is 1. The molecule has 6 nitrogen and oxygen atoms in total. The molecule has 0 bridgehead atoms. The number of rotatable bonds is 2. The second-order valence-corrected chi connectivity index (χ2v) is 6.79. The molecule has 0 aliphatic carbocycles. The number of hydrogen-bond acceptors (Lipinski definition) is 3. The summed E-state index contributed by atoms with van der Waals surface area (Å²) in [5.74, 6) is 0.280. The van der Waals surface area contributed by atoms with Gasteiger partial charge in [-0.15, -0.1) is 0 Å². The predicted octanol–water partition coefficient (Wildman–Crippen LogP) is 3.02. The molecule has 0 saturated heterocycles. The molecular weight excluding hydrogens is 381 g/mol. The quantitative estimate of drug-likeness (QED) is 0.693. The van der Waals surface area contributed by atoms with Crippen LogP contribution >= 0.6 is 0 Å². The summed E-state index contributed by atoms with van der Waals surface area (Å²) in [6, 6.07) is 16.2. The van der Waals surface area contributed by atoms with Crippen molar-refractivity contribution in [1.29, 1.82) is 0 Å². The lowest BCUT2D eigenvalue weighted by Crippen LogP contribution is -2.21. The largest absolute Gasteiger partial charge is 0.434 e. The van der Waals surface area contributed by atoms with Crippen LogP contribution in [0.5, 0.6) is 0 Å². The van der Waals surface area contributed by atoms with Gasteiger partial charge in [-0.05, 0) is 25.1 Å². The van der Waals surface area contributed by atoms with Gasteiger partial charge in [-0.2, -0.15) is 21.6 Å². The van der Waals surface area contributed by atoms with Gasteiger partial charge >= 0.3 is 6.18 Å². The van der Waals surface area contributed by atoms with E-state index >= 15 is 0 Å². The van der Waals surface area contributed by atoms with Crippen molar-refractivity contribution in [3.8, 4) is 17.1 Å². The summed E-state index contributed by atoms with van der Waals surface area (Å²) < 4.78 is 58.9. The number of halogens is 3. The average molecular weight is 398 g/mol. The Balaban J connectivity index is 0.000000465. The van der Waals surface area contributed by atoms with Crippen molar-refractivity contribution in [2.45, 2.75) is 13.1 Å². The Bertz CT molecular complexity index is 1010. The van der Waals surface area contributed by atoms with Gasteiger partial charge in [-0.1, -0.05) is 42.0 Å². The number of benzene rings is 2. The number of hydrogen-bond donors (Lipinski definition) is 2. The number of nitrogens with zero attached hydrogens (tertiary/aromatic N) is 2. The first-order valence-electron chi connectivity index (χ1n) is 7.55. The molecule has 27 heavy (non-hydrogen) atoms. The molecule has 3 rings (SSSR count). The summed E-state index contributed by atoms with van der Waals surface area (Å²) in [6.07, 6.45) is -3.44. The molecule has 0 fully saturated rings. The zero-order valence-electron chi connectivity index (χ0n) is 14.2. The highest BCUT2D eigenvalue weighted by Crippen LogP contribution is 2.32. The summed E-state index contributed by atoms with van der Waals surface area (Å²) in [4.78, 5) is 3.81. The second kappa shape index (κ2) is 7.91. The molecule has 3 aromatic rings. The molecule has 144 valence electrons. The van der Waals surface area contributed by atoms with Crippen molar-refractivity contribution < 1.29 is 21.6 Å². The fourth-order valence-corrected chi connectivity index (χ4v) is 2.29. The summed E-state index contributed by atoms with van der Waals surface area (Å²) in [5, 5.41) is 8.21. The van der Waals surface area contributed by atoms with Gasteiger partial charge in [0.1, 0.15) is 5.82 Å². The molecule has 2 aromatic carbocycles. The Morgan fingerprint density at radius 1 is 1.00 bits per heavy atom. The minimum absolute atomic E-state index is 0.280. The summed E-state index contributed by atoms with van der Waals surface area (Å²) in [6.45, 7) is 1.89. The van der Waals surface area contributed by atoms with E-state index < -0.39 is 22.1 Å². The van der Waals surface area contributed by atoms with Gasteiger partial charge in [0.05, 0.1) is 0 Å². The molecule has 0 amide bonds. The molecule has 0 spiro atoms. The Labute approximate surface area is 154 Å². The Kier molecular flexibility index (Phi) is 6.04. The van der Waals surface area contributed by atoms with Crippen molar-refractivity contribution in [3.63, 3.8) is 0 Å². The number of para-hydroxylation sites is 1. The van der Waals surface area contributed by atoms with Crippen molar-refractivity contribution in [2.24, 2.45) is 10.3 Å². The van der Waals surface area contributed by atoms with E-state index in [0.29, 0.717) is 11.3 Å². The Hall–Kier alpha value is -2.69. The van der Waals surface area contributed by atoms with E-state index in [0.717, 1.165) is 11.8 Å². The van der Waals surface area contributed by atoms with E-state index in [1.807, 2.05) is 31.2 Å². The molecule has 1 aromatic heterocycles. The van der Waals surface area contributed by atoms with Crippen LogP contribution in [0.15, 0.2) is 60.8 Å². The van der Waals surface area contributed by atoms with E-state index in [1.165, 1.54) is 4.57 Å². The molecule has 0 saturated carbocycles. The summed E-state index contributed by atoms with van der Waals surface area (Å²) in [5.41, 5.74) is 1.36. The van der Waals surface area contributed by atoms with Gasteiger partial charge in [0, 0.05) is 17.4 Å². The third kappa shape index (κ3) is 6.20. The lowest BCUT2D eigenvalue weighted by molar-refractivity contribution is -0.140. The summed E-state index contributed by atoms with van der Waals surface area (Å²) >= 11 is 0. The van der Waals surface area contributed by atoms with Crippen LogP contribution in [0.3, 0.4) is 0 Å². The number of nitrogens with two attached hydrogens (primary N) is 2. The van der Waals surface area contributed by atoms with Crippen molar-refractivity contribution in [1.82, 2.24) is 9.55 Å². The topological polar surface area (TPSA) is 104 Å². The molecule has 10 heteroatoms. The van der Waals surface area contributed by atoms with E-state index in [-0.39, 0.29) is 5.82 Å². The standard InChI is InChI=1S/C17H13F3N2.H4N2O2S/c1-12-6-5-7-13(10-12)16-21-15(17(18,19)20)11-22(16)14-8-3-2-4-9-14;1-5(2,3)4/h2-11H,1H3;(H4,1,2,3,4). The van der Waals surface area contributed by atoms with E-state index in [2.05, 4.69) is 15.3 Å². The fraction of sp³-hybridized carbons (Fsp3) is 0.118. The Morgan fingerprint density at radius 3 is 2.11 bits per heavy atom. The maximum absolute atomic E-state index is 13.0. The monoisotopic (exact) mass is 398 g/mol. The highest BCUT2D eigenvalue weighted by Gasteiger charge is 2.35. The molecule has 0 radical (unpaired) electrons. The van der Waals surface area contributed by atoms with Gasteiger partial charge in [0.15, 0.2) is 5.69 Å². The van der Waals surface area contributed by atoms with Gasteiger partial charge in [-0.3, -0.25) is 4.57 Å². The highest BCUT2D eigenvalue weighted by atomic mass is 32.2. The zero-order valence-corrected chi connectivity index (χ0v) is 15.0. The lowest BCUT2D eigenvalue weighted by atomic mass is 10.1. The van der Waals surface area contributed by atoms with E-state index in [4.69, 9.17) is 0 Å². The van der Waals surface area contributed by atoms with Crippen LogP contribution in [-0.4, -0.2) is 18.0 Å².